The molecule has 18 heavy (non-hydrogen) atoms. The van der Waals surface area contributed by atoms with Gasteiger partial charge in [-0.15, -0.1) is 0 Å². The molecule has 92 valence electrons. The van der Waals surface area contributed by atoms with Crippen molar-refractivity contribution in [3.8, 4) is 0 Å². The molecular formula is C10H9N5O3. The maximum atomic E-state index is 11.4. The fourth-order valence-electron chi connectivity index (χ4n) is 1.57. The van der Waals surface area contributed by atoms with Crippen LogP contribution in [-0.2, 0) is 0 Å². The van der Waals surface area contributed by atoms with E-state index in [0.717, 1.165) is 0 Å². The topological polar surface area (TPSA) is 137 Å². The summed E-state index contributed by atoms with van der Waals surface area (Å²) in [6.07, 6.45) is 1.27. The highest BCUT2D eigenvalue weighted by molar-refractivity contribution is 6.06. The van der Waals surface area contributed by atoms with Crippen LogP contribution >= 0.6 is 0 Å². The van der Waals surface area contributed by atoms with Gasteiger partial charge in [-0.05, 0) is 6.07 Å². The third kappa shape index (κ3) is 1.80. The van der Waals surface area contributed by atoms with Crippen molar-refractivity contribution >= 4 is 28.2 Å². The maximum absolute atomic E-state index is 11.4. The Bertz CT molecular complexity index is 655. The number of fused-ring (bicyclic) bond motifs is 1. The Kier molecular flexibility index (Phi) is 2.78. The molecule has 0 unspecified atom stereocenters. The monoisotopic (exact) mass is 247 g/mol. The molecule has 0 fully saturated rings. The number of nitro benzene ring substituents is 1. The van der Waals surface area contributed by atoms with Gasteiger partial charge in [0.05, 0.1) is 21.7 Å². The molecule has 0 saturated carbocycles. The van der Waals surface area contributed by atoms with Crippen LogP contribution in [0.3, 0.4) is 0 Å². The fraction of sp³-hybridized carbons (Fsp3) is 0. The molecule has 2 rings (SSSR count). The summed E-state index contributed by atoms with van der Waals surface area (Å²) in [4.78, 5) is 25.5. The van der Waals surface area contributed by atoms with Gasteiger partial charge in [0.1, 0.15) is 0 Å². The molecule has 0 aliphatic rings. The number of carbonyl (C=O) groups excluding carboxylic acids is 1. The van der Waals surface area contributed by atoms with Crippen LogP contribution in [0.5, 0.6) is 0 Å². The number of non-ortho nitro benzene ring substituents is 1. The number of nitro groups is 1. The number of amides is 1. The second-order valence-electron chi connectivity index (χ2n) is 3.52. The molecule has 2 aromatic rings. The van der Waals surface area contributed by atoms with Crippen molar-refractivity contribution in [3.05, 3.63) is 40.1 Å². The summed E-state index contributed by atoms with van der Waals surface area (Å²) < 4.78 is 0. The number of benzene rings is 1. The molecule has 0 atom stereocenters. The minimum Gasteiger partial charge on any atom is -0.397 e. The second kappa shape index (κ2) is 4.26. The number of carbonyl (C=O) groups is 1. The number of nitrogens with one attached hydrogen (secondary N) is 1. The quantitative estimate of drug-likeness (QED) is 0.302. The highest BCUT2D eigenvalue weighted by Gasteiger charge is 2.14. The summed E-state index contributed by atoms with van der Waals surface area (Å²) >= 11 is 0. The van der Waals surface area contributed by atoms with Crippen molar-refractivity contribution in [2.24, 2.45) is 5.84 Å². The Morgan fingerprint density at radius 1 is 1.44 bits per heavy atom. The molecule has 1 aromatic heterocycles. The number of pyridine rings is 1. The van der Waals surface area contributed by atoms with Crippen molar-refractivity contribution in [2.75, 3.05) is 5.73 Å². The first-order valence-electron chi connectivity index (χ1n) is 4.88. The van der Waals surface area contributed by atoms with Crippen molar-refractivity contribution in [1.82, 2.24) is 10.4 Å². The van der Waals surface area contributed by atoms with Gasteiger partial charge in [-0.2, -0.15) is 0 Å². The van der Waals surface area contributed by atoms with Gasteiger partial charge in [-0.25, -0.2) is 5.84 Å². The molecule has 0 radical (unpaired) electrons. The SMILES string of the molecule is NNC(=O)c1cnc2ccc([N+](=O)[O-])cc2c1N. The van der Waals surface area contributed by atoms with Gasteiger partial charge < -0.3 is 5.73 Å². The van der Waals surface area contributed by atoms with Gasteiger partial charge in [0, 0.05) is 23.7 Å². The summed E-state index contributed by atoms with van der Waals surface area (Å²) in [6.45, 7) is 0. The van der Waals surface area contributed by atoms with Crippen LogP contribution in [0.25, 0.3) is 10.9 Å². The van der Waals surface area contributed by atoms with Crippen molar-refractivity contribution in [2.45, 2.75) is 0 Å². The Morgan fingerprint density at radius 2 is 2.17 bits per heavy atom. The first kappa shape index (κ1) is 11.7. The molecule has 0 saturated heterocycles. The first-order valence-corrected chi connectivity index (χ1v) is 4.88. The van der Waals surface area contributed by atoms with E-state index in [1.54, 1.807) is 0 Å². The molecule has 0 aliphatic heterocycles. The summed E-state index contributed by atoms with van der Waals surface area (Å²) in [7, 11) is 0. The Labute approximate surface area is 101 Å². The molecule has 1 aromatic carbocycles. The number of hydrazine groups is 1. The molecule has 0 bridgehead atoms. The van der Waals surface area contributed by atoms with Gasteiger partial charge in [-0.3, -0.25) is 25.3 Å². The summed E-state index contributed by atoms with van der Waals surface area (Å²) in [5, 5.41) is 11.0. The van der Waals surface area contributed by atoms with E-state index in [9.17, 15) is 14.9 Å². The molecule has 0 spiro atoms. The molecule has 8 heteroatoms. The first-order chi connectivity index (χ1) is 8.54. The van der Waals surface area contributed by atoms with Crippen LogP contribution in [-0.4, -0.2) is 15.8 Å². The smallest absolute Gasteiger partial charge is 0.270 e. The zero-order valence-corrected chi connectivity index (χ0v) is 9.08. The second-order valence-corrected chi connectivity index (χ2v) is 3.52. The summed E-state index contributed by atoms with van der Waals surface area (Å²) in [6, 6.07) is 4.05. The number of rotatable bonds is 2. The highest BCUT2D eigenvalue weighted by Crippen LogP contribution is 2.26. The van der Waals surface area contributed by atoms with Crippen LogP contribution in [0.4, 0.5) is 11.4 Å². The number of nitrogen functional groups attached to an aromatic ring is 2. The predicted octanol–water partition coefficient (Wildman–Crippen LogP) is 0.329. The van der Waals surface area contributed by atoms with Crippen LogP contribution in [0.15, 0.2) is 24.4 Å². The van der Waals surface area contributed by atoms with E-state index in [2.05, 4.69) is 4.98 Å². The van der Waals surface area contributed by atoms with Gasteiger partial charge in [-0.1, -0.05) is 0 Å². The Morgan fingerprint density at radius 3 is 2.78 bits per heavy atom. The standard InChI is InChI=1S/C10H9N5O3/c11-9-6-3-5(15(17)18)1-2-8(6)13-4-7(9)10(16)14-12/h1-4H,12H2,(H2,11,13)(H,14,16). The average Bonchev–Trinajstić information content (AvgIpc) is 2.38. The zero-order chi connectivity index (χ0) is 13.3. The van der Waals surface area contributed by atoms with E-state index in [-0.39, 0.29) is 16.9 Å². The lowest BCUT2D eigenvalue weighted by Crippen LogP contribution is -2.30. The van der Waals surface area contributed by atoms with Gasteiger partial charge in [0.2, 0.25) is 0 Å². The summed E-state index contributed by atoms with van der Waals surface area (Å²) in [5.41, 5.74) is 8.24. The number of hydrogen-bond donors (Lipinski definition) is 3. The Balaban J connectivity index is 2.71. The van der Waals surface area contributed by atoms with Crippen LogP contribution in [0.2, 0.25) is 0 Å². The van der Waals surface area contributed by atoms with Crippen molar-refractivity contribution in [1.29, 1.82) is 0 Å². The Hall–Kier alpha value is -2.74. The lowest BCUT2D eigenvalue weighted by atomic mass is 10.1. The minimum atomic E-state index is -0.603. The molecule has 1 amide bonds. The van der Waals surface area contributed by atoms with E-state index >= 15 is 0 Å². The number of aromatic nitrogens is 1. The summed E-state index contributed by atoms with van der Waals surface area (Å²) in [5.74, 6) is 4.40. The van der Waals surface area contributed by atoms with E-state index in [4.69, 9.17) is 11.6 Å². The van der Waals surface area contributed by atoms with Crippen LogP contribution < -0.4 is 17.0 Å². The maximum Gasteiger partial charge on any atom is 0.270 e. The van der Waals surface area contributed by atoms with Gasteiger partial charge >= 0.3 is 0 Å². The number of hydrogen-bond acceptors (Lipinski definition) is 6. The van der Waals surface area contributed by atoms with E-state index < -0.39 is 10.8 Å². The third-order valence-electron chi connectivity index (χ3n) is 2.48. The fourth-order valence-corrected chi connectivity index (χ4v) is 1.57. The van der Waals surface area contributed by atoms with Crippen LogP contribution in [0, 0.1) is 10.1 Å². The average molecular weight is 247 g/mol. The van der Waals surface area contributed by atoms with E-state index in [1.165, 1.54) is 24.4 Å². The van der Waals surface area contributed by atoms with Gasteiger partial charge in [0.25, 0.3) is 11.6 Å². The lowest BCUT2D eigenvalue weighted by Gasteiger charge is -2.06. The number of nitrogens with two attached hydrogens (primary N) is 2. The lowest BCUT2D eigenvalue weighted by molar-refractivity contribution is -0.384. The van der Waals surface area contributed by atoms with Crippen LogP contribution in [0.1, 0.15) is 10.4 Å². The molecule has 0 aliphatic carbocycles. The number of nitrogens with zero attached hydrogens (tertiary/aromatic N) is 2. The molecule has 5 N–H and O–H groups in total. The number of anilines is 1. The van der Waals surface area contributed by atoms with Gasteiger partial charge in [0.15, 0.2) is 0 Å². The van der Waals surface area contributed by atoms with Crippen molar-refractivity contribution in [3.63, 3.8) is 0 Å². The third-order valence-corrected chi connectivity index (χ3v) is 2.48. The van der Waals surface area contributed by atoms with E-state index in [0.29, 0.717) is 10.9 Å². The predicted molar refractivity (Wildman–Crippen MR) is 64.5 cm³/mol. The molecule has 1 heterocycles. The normalized spacial score (nSPS) is 10.3. The van der Waals surface area contributed by atoms with Crippen molar-refractivity contribution < 1.29 is 9.72 Å². The van der Waals surface area contributed by atoms with E-state index in [1.807, 2.05) is 5.43 Å². The highest BCUT2D eigenvalue weighted by atomic mass is 16.6. The largest absolute Gasteiger partial charge is 0.397 e. The zero-order valence-electron chi connectivity index (χ0n) is 9.08. The molecular weight excluding hydrogens is 238 g/mol. The minimum absolute atomic E-state index is 0.0745. The molecule has 8 nitrogen and oxygen atoms in total.